The summed E-state index contributed by atoms with van der Waals surface area (Å²) >= 11 is 1.84. The van der Waals surface area contributed by atoms with E-state index in [2.05, 4.69) is 51.0 Å². The fourth-order valence-corrected chi connectivity index (χ4v) is 10.5. The second kappa shape index (κ2) is 10.1. The number of carbonyl (C=O) groups excluding carboxylic acids is 1. The highest BCUT2D eigenvalue weighted by atomic mass is 32.2. The maximum absolute atomic E-state index is 13.2. The van der Waals surface area contributed by atoms with Gasteiger partial charge in [0.1, 0.15) is 0 Å². The standard InChI is InChI=1S/C31H39F3N4OS/c1-36(35-29(39)31(32,33)34)27(30-15-21-12-22(16-30)14-23(13-21)17-30)19-37-10-8-20(9-11-37)18-38-25-6-2-4-24-5-3-7-26(40-38)28(24)25/h2-7,20-23,27H,8-19H2,1H3,(H,35,39). The van der Waals surface area contributed by atoms with Gasteiger partial charge in [-0.2, -0.15) is 13.2 Å². The van der Waals surface area contributed by atoms with Crippen molar-refractivity contribution >= 4 is 34.3 Å². The van der Waals surface area contributed by atoms with E-state index in [0.29, 0.717) is 23.7 Å². The molecule has 0 aromatic heterocycles. The van der Waals surface area contributed by atoms with Gasteiger partial charge in [-0.05, 0) is 123 Å². The number of nitrogens with one attached hydrogen (secondary N) is 1. The van der Waals surface area contributed by atoms with E-state index in [9.17, 15) is 18.0 Å². The molecule has 40 heavy (non-hydrogen) atoms. The van der Waals surface area contributed by atoms with E-state index >= 15 is 0 Å². The average Bonchev–Trinajstić information content (AvgIpc) is 3.25. The minimum atomic E-state index is -4.88. The topological polar surface area (TPSA) is 38.8 Å². The summed E-state index contributed by atoms with van der Waals surface area (Å²) in [5, 5.41) is 4.19. The number of anilines is 1. The van der Waals surface area contributed by atoms with Crippen molar-refractivity contribution in [1.29, 1.82) is 0 Å². The number of alkyl halides is 3. The molecule has 1 saturated heterocycles. The molecule has 8 rings (SSSR count). The zero-order chi connectivity index (χ0) is 27.6. The van der Waals surface area contributed by atoms with Crippen LogP contribution < -0.4 is 9.73 Å². The van der Waals surface area contributed by atoms with Crippen molar-refractivity contribution in [3.63, 3.8) is 0 Å². The second-order valence-electron chi connectivity index (χ2n) is 13.4. The lowest BCUT2D eigenvalue weighted by Crippen LogP contribution is -2.63. The van der Waals surface area contributed by atoms with Gasteiger partial charge in [0.15, 0.2) is 0 Å². The smallest absolute Gasteiger partial charge is 0.311 e. The summed E-state index contributed by atoms with van der Waals surface area (Å²) in [6, 6.07) is 13.0. The molecule has 5 nitrogen and oxygen atoms in total. The Labute approximate surface area is 238 Å². The molecule has 1 unspecified atom stereocenters. The van der Waals surface area contributed by atoms with Gasteiger partial charge in [-0.3, -0.25) is 10.2 Å². The molecule has 1 amide bonds. The van der Waals surface area contributed by atoms with E-state index in [1.165, 1.54) is 40.6 Å². The van der Waals surface area contributed by atoms with Crippen molar-refractivity contribution in [3.05, 3.63) is 36.4 Å². The first-order valence-electron chi connectivity index (χ1n) is 15.0. The lowest BCUT2D eigenvalue weighted by Gasteiger charge is -2.61. The number of rotatable bonds is 7. The van der Waals surface area contributed by atoms with E-state index in [-0.39, 0.29) is 11.5 Å². The SMILES string of the molecule is CN(NC(=O)C(F)(F)F)C(CN1CCC(CN2Sc3cccc4cccc2c34)CC1)C12CC3CC(CC(C3)C1)C2. The molecule has 5 fully saturated rings. The number of piperidine rings is 1. The summed E-state index contributed by atoms with van der Waals surface area (Å²) in [4.78, 5) is 15.7. The molecule has 9 heteroatoms. The first-order valence-corrected chi connectivity index (χ1v) is 15.7. The van der Waals surface area contributed by atoms with Gasteiger partial charge in [-0.25, -0.2) is 5.01 Å². The number of benzene rings is 2. The monoisotopic (exact) mass is 572 g/mol. The maximum Gasteiger partial charge on any atom is 0.472 e. The summed E-state index contributed by atoms with van der Waals surface area (Å²) in [5.74, 6) is 0.796. The predicted molar refractivity (Wildman–Crippen MR) is 153 cm³/mol. The van der Waals surface area contributed by atoms with Crippen LogP contribution in [0.5, 0.6) is 0 Å². The highest BCUT2D eigenvalue weighted by Gasteiger charge is 2.56. The fourth-order valence-electron chi connectivity index (χ4n) is 9.32. The van der Waals surface area contributed by atoms with Gasteiger partial charge in [0, 0.05) is 36.5 Å². The van der Waals surface area contributed by atoms with Crippen molar-refractivity contribution in [2.75, 3.05) is 37.5 Å². The summed E-state index contributed by atoms with van der Waals surface area (Å²) in [6.45, 7) is 3.62. The number of amides is 1. The van der Waals surface area contributed by atoms with Crippen LogP contribution in [0.2, 0.25) is 0 Å². The van der Waals surface area contributed by atoms with E-state index in [1.54, 1.807) is 12.1 Å². The lowest BCUT2D eigenvalue weighted by atomic mass is 9.47. The molecule has 1 N–H and O–H groups in total. The summed E-state index contributed by atoms with van der Waals surface area (Å²) in [7, 11) is 1.67. The van der Waals surface area contributed by atoms with Crippen LogP contribution in [-0.4, -0.2) is 61.3 Å². The zero-order valence-electron chi connectivity index (χ0n) is 23.1. The molecule has 4 saturated carbocycles. The Morgan fingerprint density at radius 1 is 1.05 bits per heavy atom. The quantitative estimate of drug-likeness (QED) is 0.303. The number of hydrogen-bond acceptors (Lipinski definition) is 5. The minimum Gasteiger partial charge on any atom is -0.311 e. The van der Waals surface area contributed by atoms with Crippen LogP contribution in [-0.2, 0) is 4.79 Å². The van der Waals surface area contributed by atoms with Crippen LogP contribution in [0.15, 0.2) is 41.3 Å². The number of hydrogen-bond donors (Lipinski definition) is 1. The number of carbonyl (C=O) groups is 1. The summed E-state index contributed by atoms with van der Waals surface area (Å²) < 4.78 is 42.1. The van der Waals surface area contributed by atoms with Gasteiger partial charge < -0.3 is 9.21 Å². The fraction of sp³-hybridized carbons (Fsp3) is 0.645. The predicted octanol–water partition coefficient (Wildman–Crippen LogP) is 6.49. The average molecular weight is 573 g/mol. The highest BCUT2D eigenvalue weighted by molar-refractivity contribution is 8.01. The van der Waals surface area contributed by atoms with Crippen LogP contribution in [0.1, 0.15) is 51.4 Å². The van der Waals surface area contributed by atoms with Gasteiger partial charge in [0.2, 0.25) is 0 Å². The molecule has 2 aromatic rings. The van der Waals surface area contributed by atoms with Crippen LogP contribution in [0.25, 0.3) is 10.8 Å². The van der Waals surface area contributed by atoms with Crippen LogP contribution in [0, 0.1) is 29.1 Å². The molecule has 1 atom stereocenters. The molecule has 4 bridgehead atoms. The Balaban J connectivity index is 1.03. The maximum atomic E-state index is 13.2. The molecule has 6 aliphatic rings. The Morgan fingerprint density at radius 3 is 2.30 bits per heavy atom. The molecule has 0 spiro atoms. The summed E-state index contributed by atoms with van der Waals surface area (Å²) in [5.41, 5.74) is 3.55. The van der Waals surface area contributed by atoms with Crippen LogP contribution in [0.4, 0.5) is 18.9 Å². The van der Waals surface area contributed by atoms with Crippen LogP contribution >= 0.6 is 11.9 Å². The first kappa shape index (κ1) is 26.9. The van der Waals surface area contributed by atoms with Crippen molar-refractivity contribution in [2.24, 2.45) is 29.1 Å². The lowest BCUT2D eigenvalue weighted by molar-refractivity contribution is -0.183. The van der Waals surface area contributed by atoms with Crippen molar-refractivity contribution < 1.29 is 18.0 Å². The number of nitrogens with zero attached hydrogens (tertiary/aromatic N) is 3. The van der Waals surface area contributed by atoms with Crippen molar-refractivity contribution in [1.82, 2.24) is 15.3 Å². The molecular formula is C31H39F3N4OS. The molecule has 2 aromatic carbocycles. The van der Waals surface area contributed by atoms with Crippen molar-refractivity contribution in [2.45, 2.75) is 68.5 Å². The molecular weight excluding hydrogens is 533 g/mol. The number of likely N-dealkylation sites (tertiary alicyclic amines) is 1. The molecule has 0 radical (unpaired) electrons. The normalized spacial score (nSPS) is 30.9. The third kappa shape index (κ3) is 4.90. The van der Waals surface area contributed by atoms with Gasteiger partial charge in [-0.15, -0.1) is 0 Å². The van der Waals surface area contributed by atoms with Gasteiger partial charge >= 0.3 is 12.1 Å². The summed E-state index contributed by atoms with van der Waals surface area (Å²) in [6.07, 6.45) is 4.38. The third-order valence-corrected chi connectivity index (χ3v) is 11.8. The Kier molecular flexibility index (Phi) is 6.78. The van der Waals surface area contributed by atoms with E-state index in [4.69, 9.17) is 0 Å². The third-order valence-electron chi connectivity index (χ3n) is 10.7. The van der Waals surface area contributed by atoms with E-state index < -0.39 is 12.1 Å². The Bertz CT molecular complexity index is 1240. The van der Waals surface area contributed by atoms with Gasteiger partial charge in [0.05, 0.1) is 5.69 Å². The first-order chi connectivity index (χ1) is 19.2. The molecule has 216 valence electrons. The minimum absolute atomic E-state index is 0.00409. The molecule has 4 aliphatic carbocycles. The molecule has 2 heterocycles. The van der Waals surface area contributed by atoms with Crippen LogP contribution in [0.3, 0.4) is 0 Å². The highest BCUT2D eigenvalue weighted by Crippen LogP contribution is 2.62. The number of halogens is 3. The number of likely N-dealkylation sites (N-methyl/N-ethyl adjacent to an activating group) is 1. The van der Waals surface area contributed by atoms with Gasteiger partial charge in [0.25, 0.3) is 0 Å². The van der Waals surface area contributed by atoms with E-state index in [0.717, 1.165) is 58.3 Å². The Morgan fingerprint density at radius 2 is 1.68 bits per heavy atom. The molecule has 2 aliphatic heterocycles. The van der Waals surface area contributed by atoms with Gasteiger partial charge in [-0.1, -0.05) is 24.3 Å². The Hall–Kier alpha value is -1.97. The van der Waals surface area contributed by atoms with Crippen molar-refractivity contribution in [3.8, 4) is 0 Å². The van der Waals surface area contributed by atoms with E-state index in [1.807, 2.05) is 11.9 Å². The number of hydrazine groups is 1. The largest absolute Gasteiger partial charge is 0.472 e. The second-order valence-corrected chi connectivity index (χ2v) is 14.4. The zero-order valence-corrected chi connectivity index (χ0v) is 23.9.